The molecule has 6 nitrogen and oxygen atoms in total. The number of nitrogens with one attached hydrogen (secondary N) is 2. The second-order valence-corrected chi connectivity index (χ2v) is 5.81. The topological polar surface area (TPSA) is 58.1 Å². The quantitative estimate of drug-likeness (QED) is 0.386. The number of nitrogens with zero attached hydrogens (tertiary/aromatic N) is 2. The molecule has 0 spiro atoms. The lowest BCUT2D eigenvalue weighted by Crippen LogP contribution is -2.40. The van der Waals surface area contributed by atoms with Crippen molar-refractivity contribution in [1.82, 2.24) is 15.5 Å². The van der Waals surface area contributed by atoms with Gasteiger partial charge in [0.05, 0.1) is 7.11 Å². The second-order valence-electron chi connectivity index (χ2n) is 5.81. The molecule has 136 valence electrons. The minimum atomic E-state index is 0.708. The summed E-state index contributed by atoms with van der Waals surface area (Å²) >= 11 is 0. The molecule has 0 aliphatic carbocycles. The molecule has 1 aromatic carbocycles. The number of aliphatic imine (C=N–C) groups is 1. The maximum atomic E-state index is 5.36. The van der Waals surface area contributed by atoms with E-state index in [4.69, 9.17) is 9.47 Å². The Kier molecular flexibility index (Phi) is 9.88. The third-order valence-corrected chi connectivity index (χ3v) is 3.83. The van der Waals surface area contributed by atoms with E-state index in [1.807, 2.05) is 6.92 Å². The average Bonchev–Trinajstić information content (AvgIpc) is 2.59. The molecule has 0 bridgehead atoms. The predicted molar refractivity (Wildman–Crippen MR) is 99.9 cm³/mol. The number of methoxy groups -OCH3 is 2. The van der Waals surface area contributed by atoms with Crippen LogP contribution in [0.15, 0.2) is 23.2 Å². The summed E-state index contributed by atoms with van der Waals surface area (Å²) in [5.74, 6) is 1.72. The van der Waals surface area contributed by atoms with Gasteiger partial charge >= 0.3 is 0 Å². The van der Waals surface area contributed by atoms with Gasteiger partial charge in [-0.3, -0.25) is 4.99 Å². The molecule has 0 unspecified atom stereocenters. The molecule has 0 saturated heterocycles. The summed E-state index contributed by atoms with van der Waals surface area (Å²) in [6.07, 6.45) is 1.05. The summed E-state index contributed by atoms with van der Waals surface area (Å²) in [5, 5.41) is 6.66. The molecule has 0 aliphatic rings. The molecule has 0 saturated carbocycles. The molecule has 6 heteroatoms. The molecule has 0 radical (unpaired) electrons. The SMILES string of the molecule is CN=C(NCCN(C)CCCOC)NCc1ccc(C)c(OC)c1. The molecule has 0 aromatic heterocycles. The van der Waals surface area contributed by atoms with Gasteiger partial charge in [0, 0.05) is 46.9 Å². The number of likely N-dealkylation sites (N-methyl/N-ethyl adjacent to an activating group) is 1. The summed E-state index contributed by atoms with van der Waals surface area (Å²) < 4.78 is 10.4. The number of aryl methyl sites for hydroxylation is 1. The van der Waals surface area contributed by atoms with Gasteiger partial charge in [0.25, 0.3) is 0 Å². The molecule has 0 atom stereocenters. The van der Waals surface area contributed by atoms with Crippen molar-refractivity contribution in [1.29, 1.82) is 0 Å². The van der Waals surface area contributed by atoms with Crippen molar-refractivity contribution in [3.05, 3.63) is 29.3 Å². The van der Waals surface area contributed by atoms with E-state index in [0.717, 1.165) is 55.5 Å². The molecule has 1 rings (SSSR count). The fourth-order valence-corrected chi connectivity index (χ4v) is 2.34. The van der Waals surface area contributed by atoms with E-state index < -0.39 is 0 Å². The van der Waals surface area contributed by atoms with Gasteiger partial charge in [-0.15, -0.1) is 0 Å². The van der Waals surface area contributed by atoms with Crippen molar-refractivity contribution in [3.8, 4) is 5.75 Å². The largest absolute Gasteiger partial charge is 0.496 e. The van der Waals surface area contributed by atoms with Crippen molar-refractivity contribution in [2.24, 2.45) is 4.99 Å². The van der Waals surface area contributed by atoms with E-state index in [1.165, 1.54) is 0 Å². The number of hydrogen-bond donors (Lipinski definition) is 2. The summed E-state index contributed by atoms with van der Waals surface area (Å²) in [6, 6.07) is 6.22. The molecular formula is C18H32N4O2. The van der Waals surface area contributed by atoms with Gasteiger partial charge in [0.1, 0.15) is 5.75 Å². The minimum Gasteiger partial charge on any atom is -0.496 e. The molecule has 0 fully saturated rings. The van der Waals surface area contributed by atoms with Gasteiger partial charge in [-0.1, -0.05) is 12.1 Å². The van der Waals surface area contributed by atoms with Crippen LogP contribution < -0.4 is 15.4 Å². The van der Waals surface area contributed by atoms with Crippen molar-refractivity contribution >= 4 is 5.96 Å². The normalized spacial score (nSPS) is 11.7. The van der Waals surface area contributed by atoms with E-state index >= 15 is 0 Å². The molecule has 0 heterocycles. The highest BCUT2D eigenvalue weighted by Gasteiger charge is 2.03. The Morgan fingerprint density at radius 2 is 2.00 bits per heavy atom. The first kappa shape index (κ1) is 20.3. The lowest BCUT2D eigenvalue weighted by atomic mass is 10.1. The Balaban J connectivity index is 2.32. The standard InChI is InChI=1S/C18H32N4O2/c1-15-7-8-16(13-17(15)24-5)14-21-18(19-2)20-9-11-22(3)10-6-12-23-4/h7-8,13H,6,9-12,14H2,1-5H3,(H2,19,20,21). The summed E-state index contributed by atoms with van der Waals surface area (Å²) in [7, 11) is 7.34. The maximum Gasteiger partial charge on any atom is 0.191 e. The van der Waals surface area contributed by atoms with E-state index in [0.29, 0.717) is 6.54 Å². The first-order valence-corrected chi connectivity index (χ1v) is 8.36. The Hall–Kier alpha value is -1.79. The fraction of sp³-hybridized carbons (Fsp3) is 0.611. The Bertz CT molecular complexity index is 506. The highest BCUT2D eigenvalue weighted by Crippen LogP contribution is 2.18. The number of benzene rings is 1. The van der Waals surface area contributed by atoms with Crippen LogP contribution in [0.2, 0.25) is 0 Å². The summed E-state index contributed by atoms with van der Waals surface area (Å²) in [6.45, 7) is 6.40. The minimum absolute atomic E-state index is 0.708. The zero-order valence-corrected chi connectivity index (χ0v) is 15.7. The van der Waals surface area contributed by atoms with Crippen LogP contribution in [0.4, 0.5) is 0 Å². The van der Waals surface area contributed by atoms with Crippen molar-refractivity contribution in [2.45, 2.75) is 19.9 Å². The van der Waals surface area contributed by atoms with Gasteiger partial charge < -0.3 is 25.0 Å². The summed E-state index contributed by atoms with van der Waals surface area (Å²) in [4.78, 5) is 6.54. The van der Waals surface area contributed by atoms with E-state index in [1.54, 1.807) is 21.3 Å². The molecular weight excluding hydrogens is 304 g/mol. The van der Waals surface area contributed by atoms with Crippen molar-refractivity contribution in [2.75, 3.05) is 54.6 Å². The van der Waals surface area contributed by atoms with E-state index in [2.05, 4.69) is 45.8 Å². The highest BCUT2D eigenvalue weighted by molar-refractivity contribution is 5.79. The number of guanidine groups is 1. The number of rotatable bonds is 10. The van der Waals surface area contributed by atoms with Crippen LogP contribution in [-0.2, 0) is 11.3 Å². The first-order valence-electron chi connectivity index (χ1n) is 8.36. The van der Waals surface area contributed by atoms with Crippen LogP contribution in [0.3, 0.4) is 0 Å². The van der Waals surface area contributed by atoms with Crippen LogP contribution in [0, 0.1) is 6.92 Å². The third-order valence-electron chi connectivity index (χ3n) is 3.83. The third kappa shape index (κ3) is 7.66. The Morgan fingerprint density at radius 3 is 2.67 bits per heavy atom. The van der Waals surface area contributed by atoms with Crippen LogP contribution in [0.5, 0.6) is 5.75 Å². The zero-order chi connectivity index (χ0) is 17.8. The van der Waals surface area contributed by atoms with E-state index in [9.17, 15) is 0 Å². The van der Waals surface area contributed by atoms with Crippen molar-refractivity contribution in [3.63, 3.8) is 0 Å². The van der Waals surface area contributed by atoms with Gasteiger partial charge in [-0.2, -0.15) is 0 Å². The second kappa shape index (κ2) is 11.7. The van der Waals surface area contributed by atoms with Crippen molar-refractivity contribution < 1.29 is 9.47 Å². The molecule has 24 heavy (non-hydrogen) atoms. The number of ether oxygens (including phenoxy) is 2. The average molecular weight is 336 g/mol. The lowest BCUT2D eigenvalue weighted by molar-refractivity contribution is 0.180. The molecule has 0 aliphatic heterocycles. The zero-order valence-electron chi connectivity index (χ0n) is 15.7. The van der Waals surface area contributed by atoms with Gasteiger partial charge in [0.2, 0.25) is 0 Å². The Morgan fingerprint density at radius 1 is 1.21 bits per heavy atom. The molecule has 1 aromatic rings. The van der Waals surface area contributed by atoms with Crippen LogP contribution >= 0.6 is 0 Å². The molecule has 0 amide bonds. The predicted octanol–water partition coefficient (Wildman–Crippen LogP) is 1.64. The smallest absolute Gasteiger partial charge is 0.191 e. The highest BCUT2D eigenvalue weighted by atomic mass is 16.5. The first-order chi connectivity index (χ1) is 11.6. The van der Waals surface area contributed by atoms with Crippen LogP contribution in [-0.4, -0.2) is 65.4 Å². The summed E-state index contributed by atoms with van der Waals surface area (Å²) in [5.41, 5.74) is 2.30. The molecule has 2 N–H and O–H groups in total. The van der Waals surface area contributed by atoms with Gasteiger partial charge in [0.15, 0.2) is 5.96 Å². The fourth-order valence-electron chi connectivity index (χ4n) is 2.34. The monoisotopic (exact) mass is 336 g/mol. The van der Waals surface area contributed by atoms with E-state index in [-0.39, 0.29) is 0 Å². The maximum absolute atomic E-state index is 5.36. The van der Waals surface area contributed by atoms with Crippen LogP contribution in [0.25, 0.3) is 0 Å². The number of hydrogen-bond acceptors (Lipinski definition) is 4. The van der Waals surface area contributed by atoms with Crippen LogP contribution in [0.1, 0.15) is 17.5 Å². The lowest BCUT2D eigenvalue weighted by Gasteiger charge is -2.18. The van der Waals surface area contributed by atoms with Gasteiger partial charge in [-0.25, -0.2) is 0 Å². The Labute approximate surface area is 146 Å². The van der Waals surface area contributed by atoms with Gasteiger partial charge in [-0.05, 0) is 37.6 Å².